The first-order valence-electron chi connectivity index (χ1n) is 20.0. The van der Waals surface area contributed by atoms with Gasteiger partial charge in [0, 0.05) is 20.0 Å². The van der Waals surface area contributed by atoms with Crippen LogP contribution >= 0.6 is 0 Å². The second kappa shape index (κ2) is 20.0. The molecule has 3 rings (SSSR count). The summed E-state index contributed by atoms with van der Waals surface area (Å²) in [6.07, 6.45) is -10.7. The number of aliphatic hydroxyl groups excluding tert-OH is 3. The maximum atomic E-state index is 13.6. The van der Waals surface area contributed by atoms with E-state index in [-0.39, 0.29) is 38.3 Å². The molecule has 4 amide bonds. The van der Waals surface area contributed by atoms with Gasteiger partial charge in [0.2, 0.25) is 18.1 Å². The third-order valence-electron chi connectivity index (χ3n) is 9.68. The van der Waals surface area contributed by atoms with Gasteiger partial charge in [-0.3, -0.25) is 9.59 Å². The Labute approximate surface area is 346 Å². The van der Waals surface area contributed by atoms with Crippen LogP contribution in [0, 0.1) is 5.41 Å². The largest absolute Gasteiger partial charge is 0.467 e. The molecule has 20 heteroatoms. The highest BCUT2D eigenvalue weighted by molar-refractivity contribution is 5.81. The zero-order chi connectivity index (χ0) is 44.8. The molecule has 0 spiro atoms. The topological polar surface area (TPSA) is 296 Å². The summed E-state index contributed by atoms with van der Waals surface area (Å²) in [7, 11) is 1.45. The van der Waals surface area contributed by atoms with Crippen LogP contribution in [0.3, 0.4) is 0 Å². The van der Waals surface area contributed by atoms with Crippen LogP contribution in [-0.2, 0) is 38.0 Å². The van der Waals surface area contributed by atoms with Gasteiger partial charge < -0.3 is 81.2 Å². The lowest BCUT2D eigenvalue weighted by atomic mass is 9.82. The number of alkyl carbamates (subject to hydrolysis) is 2. The van der Waals surface area contributed by atoms with E-state index in [0.29, 0.717) is 12.2 Å². The summed E-state index contributed by atoms with van der Waals surface area (Å²) >= 11 is 0. The minimum atomic E-state index is -1.75. The molecule has 1 saturated heterocycles. The Balaban J connectivity index is 1.99. The first kappa shape index (κ1) is 50.0. The quantitative estimate of drug-likeness (QED) is 0.116. The molecule has 2 aliphatic heterocycles. The number of nitrogens with one attached hydrogen (secondary N) is 3. The minimum Gasteiger partial charge on any atom is -0.467 e. The zero-order valence-corrected chi connectivity index (χ0v) is 36.4. The molecule has 20 nitrogen and oxygen atoms in total. The van der Waals surface area contributed by atoms with Gasteiger partial charge in [-0.05, 0) is 79.2 Å². The van der Waals surface area contributed by atoms with Crippen molar-refractivity contribution in [1.29, 1.82) is 0 Å². The number of hydrogen-bond donors (Lipinski definition) is 9. The van der Waals surface area contributed by atoms with E-state index in [2.05, 4.69) is 16.0 Å². The lowest BCUT2D eigenvalue weighted by molar-refractivity contribution is -0.311. The highest BCUT2D eigenvalue weighted by atomic mass is 16.7. The number of nitrogens with two attached hydrogens (primary N) is 2. The van der Waals surface area contributed by atoms with Gasteiger partial charge in [-0.1, -0.05) is 20.8 Å². The Kier molecular flexibility index (Phi) is 17.0. The van der Waals surface area contributed by atoms with Crippen molar-refractivity contribution < 1.29 is 68.0 Å². The number of aliphatic hydroxyl groups is 4. The first-order valence-corrected chi connectivity index (χ1v) is 20.0. The third-order valence-corrected chi connectivity index (χ3v) is 9.68. The molecule has 0 bridgehead atoms. The number of carbonyl (C=O) groups excluding carboxylic acids is 4. The number of likely N-dealkylation sites (N-methyl/N-ethyl adjacent to an activating group) is 1. The minimum absolute atomic E-state index is 0.0312. The molecule has 12 atom stereocenters. The number of carbonyl (C=O) groups is 4. The average Bonchev–Trinajstić information content (AvgIpc) is 3.07. The molecular formula is C39H70N6O14. The van der Waals surface area contributed by atoms with E-state index >= 15 is 0 Å². The fourth-order valence-electron chi connectivity index (χ4n) is 7.02. The Hall–Kier alpha value is -3.34. The van der Waals surface area contributed by atoms with E-state index in [1.807, 2.05) is 20.8 Å². The van der Waals surface area contributed by atoms with Crippen molar-refractivity contribution in [2.75, 3.05) is 26.7 Å². The molecule has 2 heterocycles. The Bertz CT molecular complexity index is 1480. The summed E-state index contributed by atoms with van der Waals surface area (Å²) in [6, 6.07) is -4.32. The molecule has 340 valence electrons. The first-order chi connectivity index (χ1) is 27.0. The monoisotopic (exact) mass is 846 g/mol. The van der Waals surface area contributed by atoms with Crippen LogP contribution in [-0.4, -0.2) is 160 Å². The molecule has 1 aliphatic carbocycles. The number of nitrogens with zero attached hydrogens (tertiary/aromatic N) is 1. The van der Waals surface area contributed by atoms with Crippen LogP contribution in [0.25, 0.3) is 0 Å². The maximum absolute atomic E-state index is 13.6. The Morgan fingerprint density at radius 3 is 2.05 bits per heavy atom. The van der Waals surface area contributed by atoms with Gasteiger partial charge in [-0.15, -0.1) is 0 Å². The van der Waals surface area contributed by atoms with Crippen molar-refractivity contribution in [3.63, 3.8) is 0 Å². The van der Waals surface area contributed by atoms with Crippen molar-refractivity contribution >= 4 is 24.0 Å². The lowest BCUT2D eigenvalue weighted by Gasteiger charge is -2.51. The molecule has 0 unspecified atom stereocenters. The van der Waals surface area contributed by atoms with E-state index < -0.39 is 114 Å². The third kappa shape index (κ3) is 15.0. The van der Waals surface area contributed by atoms with E-state index in [4.69, 9.17) is 39.9 Å². The Morgan fingerprint density at radius 2 is 1.49 bits per heavy atom. The van der Waals surface area contributed by atoms with Crippen LogP contribution in [0.1, 0.15) is 94.9 Å². The highest BCUT2D eigenvalue weighted by Crippen LogP contribution is 2.35. The maximum Gasteiger partial charge on any atom is 0.407 e. The molecule has 0 radical (unpaired) electrons. The SMILES string of the molecule is CN(C(=O)CC(C)(C)C)[C@@H]1[C@@H](O)[C@@H](O[C@@H]2[C@@H](O)[C@H](O[C@H]3OC(CN)=CC[C@H]3N)[C@@H](NC(=O)OC(C)(C)C)C[C@H]2NC(=O)[C@@H](O)CCNC(=O)OC(C)(C)C)OC[C@]1(C)O. The standard InChI is InChI=1S/C39H70N6O14/c1-36(2,3)17-25(47)45(11)30-27(49)33(54-19-39(30,10)53)57-28-22(43-31(50)24(46)14-15-42-34(51)58-37(4,5)6)16-23(44-35(52)59-38(7,8)9)29(26(28)48)56-32-21(41)13-12-20(18-40)55-32/h12,21-24,26-30,32-33,46,48-49,53H,13-19,40-41H2,1-11H3,(H,42,51)(H,43,50)(H,44,52)/t21-,22-,23+,24+,26-,27-,28+,29-,30-,32-,33-,39+/m1/s1. The fourth-order valence-corrected chi connectivity index (χ4v) is 7.02. The number of hydrogen-bond acceptors (Lipinski definition) is 16. The predicted octanol–water partition coefficient (Wildman–Crippen LogP) is -0.177. The van der Waals surface area contributed by atoms with Crippen LogP contribution in [0.5, 0.6) is 0 Å². The second-order valence-corrected chi connectivity index (χ2v) is 19.0. The van der Waals surface area contributed by atoms with E-state index in [9.17, 15) is 39.6 Å². The molecule has 0 aromatic carbocycles. The summed E-state index contributed by atoms with van der Waals surface area (Å²) in [5.74, 6) is -0.903. The molecule has 11 N–H and O–H groups in total. The molecule has 0 aromatic heterocycles. The molecular weight excluding hydrogens is 776 g/mol. The summed E-state index contributed by atoms with van der Waals surface area (Å²) in [4.78, 5) is 53.5. The van der Waals surface area contributed by atoms with Crippen LogP contribution in [0.15, 0.2) is 11.8 Å². The van der Waals surface area contributed by atoms with Crippen molar-refractivity contribution in [3.05, 3.63) is 11.8 Å². The summed E-state index contributed by atoms with van der Waals surface area (Å²) in [6.45, 7) is 16.5. The Morgan fingerprint density at radius 1 is 0.932 bits per heavy atom. The van der Waals surface area contributed by atoms with E-state index in [1.165, 1.54) is 18.9 Å². The molecule has 59 heavy (non-hydrogen) atoms. The molecule has 1 saturated carbocycles. The van der Waals surface area contributed by atoms with Gasteiger partial charge in [0.1, 0.15) is 53.1 Å². The van der Waals surface area contributed by atoms with Gasteiger partial charge in [-0.25, -0.2) is 9.59 Å². The normalized spacial score (nSPS) is 32.1. The van der Waals surface area contributed by atoms with Crippen molar-refractivity contribution in [1.82, 2.24) is 20.9 Å². The number of rotatable bonds is 13. The van der Waals surface area contributed by atoms with Crippen LogP contribution in [0.2, 0.25) is 0 Å². The zero-order valence-electron chi connectivity index (χ0n) is 36.4. The van der Waals surface area contributed by atoms with Gasteiger partial charge in [0.15, 0.2) is 6.29 Å². The lowest BCUT2D eigenvalue weighted by Crippen LogP contribution is -2.70. The predicted molar refractivity (Wildman–Crippen MR) is 212 cm³/mol. The molecule has 3 aliphatic rings. The van der Waals surface area contributed by atoms with Gasteiger partial charge in [0.05, 0.1) is 37.3 Å². The number of ether oxygens (including phenoxy) is 6. The van der Waals surface area contributed by atoms with E-state index in [0.717, 1.165) is 0 Å². The average molecular weight is 847 g/mol. The molecule has 0 aromatic rings. The summed E-state index contributed by atoms with van der Waals surface area (Å²) in [5.41, 5.74) is 8.32. The van der Waals surface area contributed by atoms with Crippen molar-refractivity contribution in [2.45, 2.75) is 179 Å². The number of amides is 4. The van der Waals surface area contributed by atoms with Gasteiger partial charge in [-0.2, -0.15) is 0 Å². The van der Waals surface area contributed by atoms with Gasteiger partial charge >= 0.3 is 12.2 Å². The van der Waals surface area contributed by atoms with Gasteiger partial charge in [0.25, 0.3) is 0 Å². The van der Waals surface area contributed by atoms with E-state index in [1.54, 1.807) is 47.6 Å². The second-order valence-electron chi connectivity index (χ2n) is 19.0. The van der Waals surface area contributed by atoms with Crippen molar-refractivity contribution in [2.24, 2.45) is 16.9 Å². The smallest absolute Gasteiger partial charge is 0.407 e. The van der Waals surface area contributed by atoms with Crippen LogP contribution < -0.4 is 27.4 Å². The summed E-state index contributed by atoms with van der Waals surface area (Å²) in [5, 5.41) is 54.1. The highest BCUT2D eigenvalue weighted by Gasteiger charge is 2.54. The molecule has 2 fully saturated rings. The fraction of sp³-hybridized carbons (Fsp3) is 0.846. The summed E-state index contributed by atoms with van der Waals surface area (Å²) < 4.78 is 35.0. The van der Waals surface area contributed by atoms with Crippen LogP contribution in [0.4, 0.5) is 9.59 Å². The van der Waals surface area contributed by atoms with Crippen molar-refractivity contribution in [3.8, 4) is 0 Å².